The van der Waals surface area contributed by atoms with E-state index in [2.05, 4.69) is 10.2 Å². The van der Waals surface area contributed by atoms with Crippen molar-refractivity contribution < 1.29 is 4.74 Å². The zero-order valence-corrected chi connectivity index (χ0v) is 8.88. The molecule has 0 fully saturated rings. The highest BCUT2D eigenvalue weighted by molar-refractivity contribution is 6.29. The summed E-state index contributed by atoms with van der Waals surface area (Å²) >= 11 is 5.74. The molecule has 0 atom stereocenters. The molecule has 0 saturated carbocycles. The number of nitrogens with one attached hydrogen (secondary N) is 1. The van der Waals surface area contributed by atoms with E-state index in [1.54, 1.807) is 19.2 Å². The second kappa shape index (κ2) is 3.82. The number of aromatic nitrogens is 2. The van der Waals surface area contributed by atoms with Crippen LogP contribution in [0.2, 0.25) is 5.15 Å². The zero-order chi connectivity index (χ0) is 10.8. The summed E-state index contributed by atoms with van der Waals surface area (Å²) in [6.45, 7) is 0. The van der Waals surface area contributed by atoms with Crippen molar-refractivity contribution in [2.45, 2.75) is 0 Å². The minimum Gasteiger partial charge on any atom is -0.497 e. The van der Waals surface area contributed by atoms with Crippen LogP contribution in [0.5, 0.6) is 5.75 Å². The minimum atomic E-state index is 0.486. The van der Waals surface area contributed by atoms with E-state index in [-0.39, 0.29) is 0 Å². The van der Waals surface area contributed by atoms with Crippen LogP contribution in [0.15, 0.2) is 24.3 Å². The number of ether oxygens (including phenoxy) is 1. The van der Waals surface area contributed by atoms with Gasteiger partial charge in [-0.25, -0.2) is 0 Å². The number of nitrogen functional groups attached to an aromatic ring is 1. The van der Waals surface area contributed by atoms with Crippen molar-refractivity contribution in [3.05, 3.63) is 29.4 Å². The van der Waals surface area contributed by atoms with Crippen molar-refractivity contribution in [1.82, 2.24) is 10.2 Å². The molecule has 3 N–H and O–H groups in total. The predicted molar refractivity (Wildman–Crippen MR) is 60.0 cm³/mol. The number of hydrogen-bond acceptors (Lipinski definition) is 3. The van der Waals surface area contributed by atoms with Gasteiger partial charge >= 0.3 is 0 Å². The average Bonchev–Trinajstić information content (AvgIpc) is 2.64. The highest BCUT2D eigenvalue weighted by atomic mass is 35.5. The van der Waals surface area contributed by atoms with E-state index >= 15 is 0 Å². The standard InChI is InChI=1S/C10H10ClN3O/c1-15-6-2-3-7(8(12)4-6)9-5-10(11)14-13-9/h2-5H,12H2,1H3,(H,13,14). The predicted octanol–water partition coefficient (Wildman–Crippen LogP) is 2.32. The van der Waals surface area contributed by atoms with Crippen molar-refractivity contribution >= 4 is 17.3 Å². The Balaban J connectivity index is 2.45. The van der Waals surface area contributed by atoms with E-state index < -0.39 is 0 Å². The molecule has 1 heterocycles. The van der Waals surface area contributed by atoms with E-state index in [1.165, 1.54) is 0 Å². The molecule has 0 saturated heterocycles. The maximum absolute atomic E-state index is 5.86. The van der Waals surface area contributed by atoms with Gasteiger partial charge in [-0.2, -0.15) is 5.10 Å². The molecule has 0 unspecified atom stereocenters. The summed E-state index contributed by atoms with van der Waals surface area (Å²) in [7, 11) is 1.60. The topological polar surface area (TPSA) is 63.9 Å². The fourth-order valence-corrected chi connectivity index (χ4v) is 1.48. The Morgan fingerprint density at radius 1 is 1.40 bits per heavy atom. The first-order valence-electron chi connectivity index (χ1n) is 4.35. The third-order valence-electron chi connectivity index (χ3n) is 2.08. The lowest BCUT2D eigenvalue weighted by Crippen LogP contribution is -1.92. The molecule has 0 aliphatic carbocycles. The van der Waals surface area contributed by atoms with Gasteiger partial charge in [-0.05, 0) is 12.1 Å². The van der Waals surface area contributed by atoms with Gasteiger partial charge in [-0.3, -0.25) is 5.10 Å². The second-order valence-electron chi connectivity index (χ2n) is 3.05. The molecule has 0 radical (unpaired) electrons. The normalized spacial score (nSPS) is 10.3. The lowest BCUT2D eigenvalue weighted by Gasteiger charge is -2.04. The highest BCUT2D eigenvalue weighted by Gasteiger charge is 2.07. The van der Waals surface area contributed by atoms with E-state index in [9.17, 15) is 0 Å². The van der Waals surface area contributed by atoms with Crippen molar-refractivity contribution in [3.8, 4) is 17.0 Å². The second-order valence-corrected chi connectivity index (χ2v) is 3.46. The number of methoxy groups -OCH3 is 1. The van der Waals surface area contributed by atoms with E-state index in [1.807, 2.05) is 12.1 Å². The molecule has 15 heavy (non-hydrogen) atoms. The first-order chi connectivity index (χ1) is 7.20. The molecule has 2 rings (SSSR count). The summed E-state index contributed by atoms with van der Waals surface area (Å²) in [5.41, 5.74) is 8.02. The lowest BCUT2D eigenvalue weighted by molar-refractivity contribution is 0.415. The molecule has 78 valence electrons. The zero-order valence-electron chi connectivity index (χ0n) is 8.12. The molecule has 1 aromatic carbocycles. The molecule has 5 heteroatoms. The van der Waals surface area contributed by atoms with Gasteiger partial charge in [0, 0.05) is 23.4 Å². The fraction of sp³-hybridized carbons (Fsp3) is 0.100. The van der Waals surface area contributed by atoms with Gasteiger partial charge in [0.25, 0.3) is 0 Å². The Hall–Kier alpha value is -1.68. The van der Waals surface area contributed by atoms with Crippen LogP contribution >= 0.6 is 11.6 Å². The van der Waals surface area contributed by atoms with Gasteiger partial charge in [0.15, 0.2) is 0 Å². The number of halogens is 1. The average molecular weight is 224 g/mol. The highest BCUT2D eigenvalue weighted by Crippen LogP contribution is 2.28. The first-order valence-corrected chi connectivity index (χ1v) is 4.73. The van der Waals surface area contributed by atoms with Crippen LogP contribution in [0.4, 0.5) is 5.69 Å². The number of H-pyrrole nitrogens is 1. The number of benzene rings is 1. The van der Waals surface area contributed by atoms with Crippen molar-refractivity contribution in [2.24, 2.45) is 0 Å². The molecule has 1 aromatic heterocycles. The molecule has 0 aliphatic rings. The Labute approximate surface area is 92.0 Å². The summed E-state index contributed by atoms with van der Waals surface area (Å²) in [6, 6.07) is 7.15. The number of nitrogens with zero attached hydrogens (tertiary/aromatic N) is 1. The van der Waals surface area contributed by atoms with Crippen LogP contribution < -0.4 is 10.5 Å². The Morgan fingerprint density at radius 3 is 2.73 bits per heavy atom. The van der Waals surface area contributed by atoms with Crippen LogP contribution in [0.1, 0.15) is 0 Å². The summed E-state index contributed by atoms with van der Waals surface area (Å²) in [4.78, 5) is 0. The van der Waals surface area contributed by atoms with Crippen molar-refractivity contribution in [1.29, 1.82) is 0 Å². The van der Waals surface area contributed by atoms with Crippen LogP contribution in [-0.4, -0.2) is 17.3 Å². The van der Waals surface area contributed by atoms with Gasteiger partial charge in [0.1, 0.15) is 10.9 Å². The quantitative estimate of drug-likeness (QED) is 0.768. The van der Waals surface area contributed by atoms with Crippen molar-refractivity contribution in [3.63, 3.8) is 0 Å². The summed E-state index contributed by atoms with van der Waals surface area (Å²) in [5, 5.41) is 7.16. The maximum Gasteiger partial charge on any atom is 0.124 e. The molecule has 4 nitrogen and oxygen atoms in total. The maximum atomic E-state index is 5.86. The SMILES string of the molecule is COc1ccc(-c2cc(Cl)[nH]n2)c(N)c1. The van der Waals surface area contributed by atoms with Gasteiger partial charge in [-0.1, -0.05) is 11.6 Å². The Morgan fingerprint density at radius 2 is 2.20 bits per heavy atom. The Kier molecular flexibility index (Phi) is 2.51. The fourth-order valence-electron chi connectivity index (χ4n) is 1.34. The third-order valence-corrected chi connectivity index (χ3v) is 2.27. The molecule has 0 amide bonds. The van der Waals surface area contributed by atoms with E-state index in [0.29, 0.717) is 10.8 Å². The van der Waals surface area contributed by atoms with Crippen LogP contribution in [0.3, 0.4) is 0 Å². The summed E-state index contributed by atoms with van der Waals surface area (Å²) in [6.07, 6.45) is 0. The van der Waals surface area contributed by atoms with E-state index in [0.717, 1.165) is 17.0 Å². The molecule has 0 bridgehead atoms. The molecular weight excluding hydrogens is 214 g/mol. The monoisotopic (exact) mass is 223 g/mol. The van der Waals surface area contributed by atoms with Crippen LogP contribution in [0.25, 0.3) is 11.3 Å². The third kappa shape index (κ3) is 1.89. The van der Waals surface area contributed by atoms with Gasteiger partial charge in [0.2, 0.25) is 0 Å². The largest absolute Gasteiger partial charge is 0.497 e. The number of rotatable bonds is 2. The van der Waals surface area contributed by atoms with Gasteiger partial charge < -0.3 is 10.5 Å². The number of aromatic amines is 1. The molecule has 2 aromatic rings. The molecule has 0 aliphatic heterocycles. The molecule has 0 spiro atoms. The number of anilines is 1. The van der Waals surface area contributed by atoms with Gasteiger partial charge in [0.05, 0.1) is 12.8 Å². The van der Waals surface area contributed by atoms with Crippen LogP contribution in [0, 0.1) is 0 Å². The first kappa shape index (κ1) is 9.86. The summed E-state index contributed by atoms with van der Waals surface area (Å²) in [5.74, 6) is 0.720. The van der Waals surface area contributed by atoms with Gasteiger partial charge in [-0.15, -0.1) is 0 Å². The van der Waals surface area contributed by atoms with E-state index in [4.69, 9.17) is 22.1 Å². The molecular formula is C10H10ClN3O. The minimum absolute atomic E-state index is 0.486. The lowest BCUT2D eigenvalue weighted by atomic mass is 10.1. The van der Waals surface area contributed by atoms with Crippen molar-refractivity contribution in [2.75, 3.05) is 12.8 Å². The Bertz CT molecular complexity index is 481. The van der Waals surface area contributed by atoms with Crippen LogP contribution in [-0.2, 0) is 0 Å². The smallest absolute Gasteiger partial charge is 0.124 e. The summed E-state index contributed by atoms with van der Waals surface area (Å²) < 4.78 is 5.06. The number of hydrogen-bond donors (Lipinski definition) is 2. The number of nitrogens with two attached hydrogens (primary N) is 1.